The first-order valence-corrected chi connectivity index (χ1v) is 6.23. The van der Waals surface area contributed by atoms with Gasteiger partial charge in [-0.3, -0.25) is 4.79 Å². The van der Waals surface area contributed by atoms with E-state index in [4.69, 9.17) is 0 Å². The first-order chi connectivity index (χ1) is 8.00. The highest BCUT2D eigenvalue weighted by atomic mass is 32.1. The third kappa shape index (κ3) is 2.15. The Morgan fingerprint density at radius 1 is 1.29 bits per heavy atom. The fraction of sp³-hybridized carbons (Fsp3) is 0.417. The Bertz CT molecular complexity index is 576. The maximum absolute atomic E-state index is 11.3. The van der Waals surface area contributed by atoms with E-state index in [0.29, 0.717) is 0 Å². The molecule has 0 aliphatic heterocycles. The Morgan fingerprint density at radius 2 is 1.94 bits per heavy atom. The van der Waals surface area contributed by atoms with Crippen molar-refractivity contribution in [1.82, 2.24) is 8.75 Å². The molecule has 0 saturated carbocycles. The summed E-state index contributed by atoms with van der Waals surface area (Å²) in [5, 5.41) is 3.22. The predicted octanol–water partition coefficient (Wildman–Crippen LogP) is 2.70. The van der Waals surface area contributed by atoms with E-state index < -0.39 is 0 Å². The average molecular weight is 249 g/mol. The van der Waals surface area contributed by atoms with Crippen molar-refractivity contribution in [3.05, 3.63) is 17.2 Å². The molecular weight excluding hydrogens is 234 g/mol. The molecule has 17 heavy (non-hydrogen) atoms. The number of Topliss-reactive ketones (excluding diaryl/α,β-unsaturated/α-hetero) is 1. The van der Waals surface area contributed by atoms with Crippen LogP contribution in [0.5, 0.6) is 0 Å². The zero-order chi connectivity index (χ0) is 12.6. The van der Waals surface area contributed by atoms with Crippen molar-refractivity contribution < 1.29 is 4.79 Å². The summed E-state index contributed by atoms with van der Waals surface area (Å²) in [4.78, 5) is 11.3. The van der Waals surface area contributed by atoms with Gasteiger partial charge in [-0.2, -0.15) is 8.75 Å². The Hall–Kier alpha value is -1.49. The summed E-state index contributed by atoms with van der Waals surface area (Å²) in [6, 6.07) is 1.86. The van der Waals surface area contributed by atoms with Crippen molar-refractivity contribution in [1.29, 1.82) is 0 Å². The largest absolute Gasteiger partial charge is 0.373 e. The first-order valence-electron chi connectivity index (χ1n) is 5.50. The lowest BCUT2D eigenvalue weighted by molar-refractivity contribution is -0.117. The number of nitrogens with zero attached hydrogens (tertiary/aromatic N) is 2. The number of ketones is 1. The molecule has 1 unspecified atom stereocenters. The molecule has 5 heteroatoms. The van der Waals surface area contributed by atoms with Crippen LogP contribution in [0, 0.1) is 13.8 Å². The topological polar surface area (TPSA) is 54.9 Å². The molecular formula is C12H15N3OS. The summed E-state index contributed by atoms with van der Waals surface area (Å²) in [5.41, 5.74) is 4.91. The highest BCUT2D eigenvalue weighted by molar-refractivity contribution is 7.00. The molecule has 90 valence electrons. The number of hydrogen-bond acceptors (Lipinski definition) is 5. The molecule has 4 nitrogen and oxygen atoms in total. The fourth-order valence-electron chi connectivity index (χ4n) is 1.76. The van der Waals surface area contributed by atoms with Gasteiger partial charge in [0.15, 0.2) is 5.78 Å². The molecule has 0 radical (unpaired) electrons. The smallest absolute Gasteiger partial charge is 0.151 e. The van der Waals surface area contributed by atoms with Gasteiger partial charge in [0, 0.05) is 0 Å². The lowest BCUT2D eigenvalue weighted by Crippen LogP contribution is -2.24. The number of rotatable bonds is 3. The van der Waals surface area contributed by atoms with Gasteiger partial charge in [0.1, 0.15) is 11.0 Å². The number of aromatic nitrogens is 2. The van der Waals surface area contributed by atoms with Gasteiger partial charge in [0.2, 0.25) is 0 Å². The van der Waals surface area contributed by atoms with Gasteiger partial charge in [0.05, 0.1) is 23.5 Å². The molecule has 1 aromatic heterocycles. The number of fused-ring (bicyclic) bond motifs is 1. The van der Waals surface area contributed by atoms with Crippen molar-refractivity contribution in [2.24, 2.45) is 0 Å². The molecule has 0 amide bonds. The minimum atomic E-state index is -0.207. The van der Waals surface area contributed by atoms with Gasteiger partial charge >= 0.3 is 0 Å². The monoisotopic (exact) mass is 249 g/mol. The van der Waals surface area contributed by atoms with E-state index in [9.17, 15) is 4.79 Å². The lowest BCUT2D eigenvalue weighted by atomic mass is 10.1. The molecule has 2 aromatic rings. The van der Waals surface area contributed by atoms with E-state index in [2.05, 4.69) is 20.1 Å². The molecule has 0 spiro atoms. The van der Waals surface area contributed by atoms with Crippen molar-refractivity contribution in [2.75, 3.05) is 5.32 Å². The fourth-order valence-corrected chi connectivity index (χ4v) is 2.38. The maximum Gasteiger partial charge on any atom is 0.151 e. The summed E-state index contributed by atoms with van der Waals surface area (Å²) in [7, 11) is 0. The zero-order valence-electron chi connectivity index (χ0n) is 10.4. The highest BCUT2D eigenvalue weighted by Crippen LogP contribution is 2.29. The van der Waals surface area contributed by atoms with Crippen LogP contribution >= 0.6 is 11.7 Å². The first kappa shape index (κ1) is 12.0. The van der Waals surface area contributed by atoms with Crippen LogP contribution in [0.2, 0.25) is 0 Å². The van der Waals surface area contributed by atoms with Crippen LogP contribution in [0.25, 0.3) is 11.0 Å². The second kappa shape index (κ2) is 4.41. The van der Waals surface area contributed by atoms with Crippen LogP contribution in [0.15, 0.2) is 6.07 Å². The number of carbonyl (C=O) groups is 1. The van der Waals surface area contributed by atoms with Gasteiger partial charge < -0.3 is 5.32 Å². The number of nitrogens with one attached hydrogen (secondary N) is 1. The normalized spacial score (nSPS) is 12.7. The summed E-state index contributed by atoms with van der Waals surface area (Å²) in [6.07, 6.45) is 0. The van der Waals surface area contributed by atoms with Crippen LogP contribution in [-0.2, 0) is 4.79 Å². The van der Waals surface area contributed by atoms with Crippen molar-refractivity contribution in [3.63, 3.8) is 0 Å². The van der Waals surface area contributed by atoms with E-state index in [1.165, 1.54) is 11.7 Å². The minimum Gasteiger partial charge on any atom is -0.373 e. The summed E-state index contributed by atoms with van der Waals surface area (Å²) in [6.45, 7) is 7.47. The van der Waals surface area contributed by atoms with Crippen LogP contribution in [0.4, 0.5) is 5.69 Å². The van der Waals surface area contributed by atoms with E-state index in [1.54, 1.807) is 6.92 Å². The number of carbonyl (C=O) groups excluding carboxylic acids is 1. The second-order valence-electron chi connectivity index (χ2n) is 4.32. The van der Waals surface area contributed by atoms with E-state index in [-0.39, 0.29) is 11.8 Å². The number of aryl methyl sites for hydroxylation is 2. The summed E-state index contributed by atoms with van der Waals surface area (Å²) >= 11 is 1.20. The van der Waals surface area contributed by atoms with Crippen molar-refractivity contribution >= 4 is 34.2 Å². The Labute approximate surface area is 104 Å². The Balaban J connectivity index is 2.53. The number of benzene rings is 1. The van der Waals surface area contributed by atoms with Gasteiger partial charge in [0.25, 0.3) is 0 Å². The van der Waals surface area contributed by atoms with Crippen LogP contribution in [0.1, 0.15) is 25.0 Å². The predicted molar refractivity (Wildman–Crippen MR) is 70.7 cm³/mol. The maximum atomic E-state index is 11.3. The quantitative estimate of drug-likeness (QED) is 0.908. The molecule has 1 aromatic carbocycles. The van der Waals surface area contributed by atoms with E-state index >= 15 is 0 Å². The average Bonchev–Trinajstić information content (AvgIpc) is 2.72. The second-order valence-corrected chi connectivity index (χ2v) is 4.85. The summed E-state index contributed by atoms with van der Waals surface area (Å²) < 4.78 is 8.59. The molecule has 1 N–H and O–H groups in total. The molecule has 1 atom stereocenters. The SMILES string of the molecule is CC(=O)C(C)Nc1c(C)cc(C)c2nsnc12. The number of anilines is 1. The van der Waals surface area contributed by atoms with Gasteiger partial charge in [-0.25, -0.2) is 0 Å². The minimum absolute atomic E-state index is 0.112. The Morgan fingerprint density at radius 3 is 2.59 bits per heavy atom. The van der Waals surface area contributed by atoms with Gasteiger partial charge in [-0.05, 0) is 38.8 Å². The molecule has 0 fully saturated rings. The molecule has 0 aliphatic carbocycles. The summed E-state index contributed by atoms with van der Waals surface area (Å²) in [5.74, 6) is 0.112. The Kier molecular flexibility index (Phi) is 3.11. The standard InChI is InChI=1S/C12H15N3OS/c1-6-5-7(2)11-12(15-17-14-11)10(6)13-8(3)9(4)16/h5,8,13H,1-4H3. The molecule has 2 rings (SSSR count). The molecule has 0 bridgehead atoms. The lowest BCUT2D eigenvalue weighted by Gasteiger charge is -2.15. The zero-order valence-corrected chi connectivity index (χ0v) is 11.2. The molecule has 0 saturated heterocycles. The van der Waals surface area contributed by atoms with Crippen molar-refractivity contribution in [2.45, 2.75) is 33.7 Å². The molecule has 1 heterocycles. The highest BCUT2D eigenvalue weighted by Gasteiger charge is 2.15. The van der Waals surface area contributed by atoms with Crippen molar-refractivity contribution in [3.8, 4) is 0 Å². The molecule has 0 aliphatic rings. The van der Waals surface area contributed by atoms with Gasteiger partial charge in [-0.1, -0.05) is 6.07 Å². The third-order valence-electron chi connectivity index (χ3n) is 2.90. The van der Waals surface area contributed by atoms with Crippen LogP contribution in [0.3, 0.4) is 0 Å². The third-order valence-corrected chi connectivity index (χ3v) is 3.43. The van der Waals surface area contributed by atoms with E-state index in [1.807, 2.05) is 20.8 Å². The van der Waals surface area contributed by atoms with Gasteiger partial charge in [-0.15, -0.1) is 0 Å². The number of hydrogen-bond donors (Lipinski definition) is 1. The van der Waals surface area contributed by atoms with Crippen LogP contribution < -0.4 is 5.32 Å². The van der Waals surface area contributed by atoms with E-state index in [0.717, 1.165) is 27.8 Å². The van der Waals surface area contributed by atoms with Crippen LogP contribution in [-0.4, -0.2) is 20.6 Å².